The fourth-order valence-electron chi connectivity index (χ4n) is 2.11. The van der Waals surface area contributed by atoms with Crippen molar-refractivity contribution in [3.63, 3.8) is 0 Å². The molecule has 0 aliphatic carbocycles. The molecule has 0 spiro atoms. The Hall–Kier alpha value is -1.43. The predicted molar refractivity (Wildman–Crippen MR) is 76.8 cm³/mol. The minimum absolute atomic E-state index is 0.267. The normalized spacial score (nSPS) is 12.7. The van der Waals surface area contributed by atoms with Crippen molar-refractivity contribution in [1.29, 1.82) is 0 Å². The maximum atomic E-state index is 11.6. The molecule has 0 aliphatic rings. The maximum Gasteiger partial charge on any atom is 0.344 e. The number of aryl methyl sites for hydroxylation is 1. The third-order valence-electron chi connectivity index (χ3n) is 3.14. The van der Waals surface area contributed by atoms with Crippen LogP contribution in [0.2, 0.25) is 0 Å². The fraction of sp³-hybridized carbons (Fsp3) is 0.533. The Balaban J connectivity index is 2.45. The van der Waals surface area contributed by atoms with Crippen LogP contribution in [-0.4, -0.2) is 28.8 Å². The second-order valence-electron chi connectivity index (χ2n) is 5.33. The van der Waals surface area contributed by atoms with Gasteiger partial charge in [0.25, 0.3) is 0 Å². The zero-order valence-electron chi connectivity index (χ0n) is 12.2. The zero-order chi connectivity index (χ0) is 15.0. The molecule has 1 aromatic rings. The van der Waals surface area contributed by atoms with E-state index in [1.807, 2.05) is 44.2 Å². The highest BCUT2D eigenvalue weighted by atomic mass is 16.7. The van der Waals surface area contributed by atoms with E-state index < -0.39 is 12.0 Å². The molecular formula is C15H24N2O3. The lowest BCUT2D eigenvalue weighted by Gasteiger charge is -2.24. The molecule has 0 bridgehead atoms. The monoisotopic (exact) mass is 280 g/mol. The molecule has 0 aromatic heterocycles. The molecule has 5 nitrogen and oxygen atoms in total. The number of nitrogens with zero attached hydrogens (tertiary/aromatic N) is 1. The summed E-state index contributed by atoms with van der Waals surface area (Å²) in [6, 6.07) is 9.33. The maximum absolute atomic E-state index is 11.6. The first kappa shape index (κ1) is 16.6. The van der Waals surface area contributed by atoms with Gasteiger partial charge in [-0.05, 0) is 30.7 Å². The standard InChI is InChI=1S/C15H24N2O3/c1-12(2)11-14(15(18)20-16)17(19)10-6-9-13-7-4-3-5-8-13/h3-5,7-8,12,14,19H,6,9-11,16H2,1-2H3/t14-/m0/s1. The molecule has 1 rings (SSSR count). The summed E-state index contributed by atoms with van der Waals surface area (Å²) >= 11 is 0. The first-order chi connectivity index (χ1) is 9.54. The van der Waals surface area contributed by atoms with E-state index in [1.165, 1.54) is 5.56 Å². The average molecular weight is 280 g/mol. The van der Waals surface area contributed by atoms with Gasteiger partial charge >= 0.3 is 5.97 Å². The fourth-order valence-corrected chi connectivity index (χ4v) is 2.11. The molecule has 1 aromatic carbocycles. The Morgan fingerprint density at radius 3 is 2.55 bits per heavy atom. The summed E-state index contributed by atoms with van der Waals surface area (Å²) in [5.74, 6) is 4.59. The van der Waals surface area contributed by atoms with Crippen LogP contribution in [-0.2, 0) is 16.1 Å². The minimum Gasteiger partial charge on any atom is -0.372 e. The van der Waals surface area contributed by atoms with E-state index >= 15 is 0 Å². The van der Waals surface area contributed by atoms with Crippen LogP contribution in [0.1, 0.15) is 32.3 Å². The molecular weight excluding hydrogens is 256 g/mol. The van der Waals surface area contributed by atoms with Crippen molar-refractivity contribution < 1.29 is 14.8 Å². The van der Waals surface area contributed by atoms with Gasteiger partial charge in [0.05, 0.1) is 0 Å². The van der Waals surface area contributed by atoms with Gasteiger partial charge in [0.2, 0.25) is 0 Å². The van der Waals surface area contributed by atoms with E-state index in [0.29, 0.717) is 13.0 Å². The Labute approximate surface area is 120 Å². The van der Waals surface area contributed by atoms with E-state index in [4.69, 9.17) is 5.90 Å². The van der Waals surface area contributed by atoms with Gasteiger partial charge in [-0.2, -0.15) is 11.0 Å². The molecule has 0 saturated carbocycles. The molecule has 0 fully saturated rings. The zero-order valence-corrected chi connectivity index (χ0v) is 12.2. The molecule has 0 aliphatic heterocycles. The highest BCUT2D eigenvalue weighted by molar-refractivity contribution is 5.75. The smallest absolute Gasteiger partial charge is 0.344 e. The summed E-state index contributed by atoms with van der Waals surface area (Å²) in [7, 11) is 0. The molecule has 0 heterocycles. The SMILES string of the molecule is CC(C)C[C@@H](C(=O)ON)N(O)CCCc1ccccc1. The lowest BCUT2D eigenvalue weighted by Crippen LogP contribution is -2.42. The first-order valence-corrected chi connectivity index (χ1v) is 6.94. The van der Waals surface area contributed by atoms with Crippen LogP contribution in [0.4, 0.5) is 0 Å². The number of hydrogen-bond acceptors (Lipinski definition) is 5. The van der Waals surface area contributed by atoms with E-state index in [9.17, 15) is 10.0 Å². The highest BCUT2D eigenvalue weighted by Gasteiger charge is 2.26. The Kier molecular flexibility index (Phi) is 7.22. The summed E-state index contributed by atoms with van der Waals surface area (Å²) in [6.45, 7) is 4.37. The first-order valence-electron chi connectivity index (χ1n) is 6.94. The lowest BCUT2D eigenvalue weighted by molar-refractivity contribution is -0.177. The second kappa shape index (κ2) is 8.68. The highest BCUT2D eigenvalue weighted by Crippen LogP contribution is 2.12. The van der Waals surface area contributed by atoms with Crippen LogP contribution >= 0.6 is 0 Å². The number of hydroxylamine groups is 2. The molecule has 0 unspecified atom stereocenters. The number of hydrogen-bond donors (Lipinski definition) is 2. The number of carbonyl (C=O) groups is 1. The van der Waals surface area contributed by atoms with Gasteiger partial charge in [0.1, 0.15) is 6.04 Å². The molecule has 1 atom stereocenters. The minimum atomic E-state index is -0.698. The Bertz CT molecular complexity index is 395. The molecule has 0 radical (unpaired) electrons. The van der Waals surface area contributed by atoms with Gasteiger partial charge in [-0.15, -0.1) is 0 Å². The van der Waals surface area contributed by atoms with Crippen LogP contribution in [0.3, 0.4) is 0 Å². The van der Waals surface area contributed by atoms with Crippen molar-refractivity contribution in [2.45, 2.75) is 39.2 Å². The molecule has 0 amide bonds. The third kappa shape index (κ3) is 5.69. The van der Waals surface area contributed by atoms with Crippen molar-refractivity contribution >= 4 is 5.97 Å². The average Bonchev–Trinajstić information content (AvgIpc) is 2.44. The summed E-state index contributed by atoms with van der Waals surface area (Å²) in [4.78, 5) is 15.8. The van der Waals surface area contributed by atoms with E-state index in [2.05, 4.69) is 4.84 Å². The molecule has 0 saturated heterocycles. The Morgan fingerprint density at radius 2 is 2.00 bits per heavy atom. The van der Waals surface area contributed by atoms with Crippen molar-refractivity contribution in [2.24, 2.45) is 11.8 Å². The van der Waals surface area contributed by atoms with Crippen molar-refractivity contribution in [3.8, 4) is 0 Å². The van der Waals surface area contributed by atoms with Crippen LogP contribution in [0.15, 0.2) is 30.3 Å². The third-order valence-corrected chi connectivity index (χ3v) is 3.14. The van der Waals surface area contributed by atoms with Crippen LogP contribution in [0, 0.1) is 5.92 Å². The number of nitrogens with two attached hydrogens (primary N) is 1. The molecule has 3 N–H and O–H groups in total. The van der Waals surface area contributed by atoms with E-state index in [0.717, 1.165) is 17.9 Å². The van der Waals surface area contributed by atoms with Crippen LogP contribution in [0.5, 0.6) is 0 Å². The predicted octanol–water partition coefficient (Wildman–Crippen LogP) is 2.14. The summed E-state index contributed by atoms with van der Waals surface area (Å²) in [6.07, 6.45) is 2.12. The molecule has 5 heteroatoms. The van der Waals surface area contributed by atoms with Crippen molar-refractivity contribution in [2.75, 3.05) is 6.54 Å². The topological polar surface area (TPSA) is 75.8 Å². The van der Waals surface area contributed by atoms with Crippen molar-refractivity contribution in [1.82, 2.24) is 5.06 Å². The molecule has 112 valence electrons. The quantitative estimate of drug-likeness (QED) is 0.714. The van der Waals surface area contributed by atoms with Gasteiger partial charge in [0, 0.05) is 6.54 Å². The lowest BCUT2D eigenvalue weighted by atomic mass is 10.0. The Morgan fingerprint density at radius 1 is 1.35 bits per heavy atom. The summed E-state index contributed by atoms with van der Waals surface area (Å²) in [5, 5.41) is 11.1. The van der Waals surface area contributed by atoms with E-state index in [1.54, 1.807) is 0 Å². The van der Waals surface area contributed by atoms with Crippen LogP contribution in [0.25, 0.3) is 0 Å². The van der Waals surface area contributed by atoms with Gasteiger partial charge in [-0.1, -0.05) is 44.2 Å². The van der Waals surface area contributed by atoms with Crippen LogP contribution < -0.4 is 5.90 Å². The largest absolute Gasteiger partial charge is 0.372 e. The number of carbonyl (C=O) groups excluding carboxylic acids is 1. The number of benzene rings is 1. The molecule has 20 heavy (non-hydrogen) atoms. The van der Waals surface area contributed by atoms with Gasteiger partial charge in [-0.25, -0.2) is 4.79 Å². The summed E-state index contributed by atoms with van der Waals surface area (Å²) < 4.78 is 0. The van der Waals surface area contributed by atoms with Gasteiger partial charge in [-0.3, -0.25) is 0 Å². The van der Waals surface area contributed by atoms with Crippen molar-refractivity contribution in [3.05, 3.63) is 35.9 Å². The van der Waals surface area contributed by atoms with E-state index in [-0.39, 0.29) is 5.92 Å². The van der Waals surface area contributed by atoms with Gasteiger partial charge < -0.3 is 10.0 Å². The number of rotatable bonds is 8. The second-order valence-corrected chi connectivity index (χ2v) is 5.33. The van der Waals surface area contributed by atoms with Gasteiger partial charge in [0.15, 0.2) is 0 Å². The summed E-state index contributed by atoms with van der Waals surface area (Å²) in [5.41, 5.74) is 1.21.